The Bertz CT molecular complexity index is 3320. The number of furan rings is 2. The number of hydrogen-bond acceptors (Lipinski definition) is 2. The zero-order chi connectivity index (χ0) is 33.9. The normalized spacial score (nSPS) is 12.2. The second-order valence-electron chi connectivity index (χ2n) is 13.7. The molecule has 4 heteroatoms. The fourth-order valence-electron chi connectivity index (χ4n) is 8.74. The first-order chi connectivity index (χ1) is 25.8. The Labute approximate surface area is 296 Å². The zero-order valence-electron chi connectivity index (χ0n) is 27.9. The molecule has 0 N–H and O–H groups in total. The average molecular weight is 665 g/mol. The summed E-state index contributed by atoms with van der Waals surface area (Å²) in [6.07, 6.45) is 0. The minimum Gasteiger partial charge on any atom is -0.456 e. The van der Waals surface area contributed by atoms with Gasteiger partial charge in [-0.25, -0.2) is 0 Å². The summed E-state index contributed by atoms with van der Waals surface area (Å²) in [5, 5.41) is 9.35. The van der Waals surface area contributed by atoms with E-state index < -0.39 is 0 Å². The van der Waals surface area contributed by atoms with Gasteiger partial charge < -0.3 is 18.0 Å². The Kier molecular flexibility index (Phi) is 5.47. The molecular weight excluding hydrogens is 637 g/mol. The number of benzene rings is 8. The molecular formula is C48H28N2O2. The highest BCUT2D eigenvalue weighted by molar-refractivity contribution is 6.17. The predicted octanol–water partition coefficient (Wildman–Crippen LogP) is 13.3. The molecule has 0 spiro atoms. The third kappa shape index (κ3) is 3.70. The summed E-state index contributed by atoms with van der Waals surface area (Å²) in [4.78, 5) is 0. The quantitative estimate of drug-likeness (QED) is 0.188. The SMILES string of the molecule is c1cc(-c2ccc3oc4cccc(-n5c6ccccc6c6ccccc65)c4c3c2)c2c(c1)oc1ccc(-n3c4ccccc4c4ccccc43)cc12. The van der Waals surface area contributed by atoms with E-state index in [-0.39, 0.29) is 0 Å². The lowest BCUT2D eigenvalue weighted by Crippen LogP contribution is -1.94. The lowest BCUT2D eigenvalue weighted by Gasteiger charge is -2.10. The molecule has 0 aliphatic carbocycles. The van der Waals surface area contributed by atoms with E-state index in [0.29, 0.717) is 0 Å². The summed E-state index contributed by atoms with van der Waals surface area (Å²) in [5.74, 6) is 0. The molecule has 12 rings (SSSR count). The second kappa shape index (κ2) is 10.3. The summed E-state index contributed by atoms with van der Waals surface area (Å²) < 4.78 is 17.8. The van der Waals surface area contributed by atoms with Crippen LogP contribution in [0.1, 0.15) is 0 Å². The van der Waals surface area contributed by atoms with Crippen LogP contribution in [0.15, 0.2) is 179 Å². The smallest absolute Gasteiger partial charge is 0.137 e. The molecule has 0 fully saturated rings. The van der Waals surface area contributed by atoms with Crippen LogP contribution >= 0.6 is 0 Å². The molecule has 52 heavy (non-hydrogen) atoms. The fraction of sp³-hybridized carbons (Fsp3) is 0. The van der Waals surface area contributed by atoms with Gasteiger partial charge in [0.05, 0.1) is 33.1 Å². The van der Waals surface area contributed by atoms with E-state index in [9.17, 15) is 0 Å². The van der Waals surface area contributed by atoms with Crippen LogP contribution in [-0.4, -0.2) is 9.13 Å². The van der Waals surface area contributed by atoms with E-state index >= 15 is 0 Å². The Balaban J connectivity index is 1.10. The van der Waals surface area contributed by atoms with Gasteiger partial charge in [0.25, 0.3) is 0 Å². The van der Waals surface area contributed by atoms with Gasteiger partial charge in [0.2, 0.25) is 0 Å². The van der Waals surface area contributed by atoms with Crippen molar-refractivity contribution in [3.05, 3.63) is 170 Å². The highest BCUT2D eigenvalue weighted by Gasteiger charge is 2.20. The maximum Gasteiger partial charge on any atom is 0.137 e. The molecule has 0 saturated carbocycles. The highest BCUT2D eigenvalue weighted by atomic mass is 16.3. The lowest BCUT2D eigenvalue weighted by molar-refractivity contribution is 0.668. The summed E-state index contributed by atoms with van der Waals surface area (Å²) >= 11 is 0. The fourth-order valence-corrected chi connectivity index (χ4v) is 8.74. The molecule has 12 aromatic rings. The standard InChI is InChI=1S/C48H28N2O2/c1-5-16-38-32(11-1)33-12-2-6-17-39(33)49(38)30-24-26-44-37(28-30)47-31(15-9-21-45(47)51-44)29-23-25-43-36(27-29)48-42(20-10-22-46(48)52-43)50-40-18-7-3-13-34(40)35-14-4-8-19-41(35)50/h1-28H. The van der Waals surface area contributed by atoms with Crippen molar-refractivity contribution in [2.75, 3.05) is 0 Å². The van der Waals surface area contributed by atoms with E-state index in [0.717, 1.165) is 66.4 Å². The van der Waals surface area contributed by atoms with Gasteiger partial charge in [0.1, 0.15) is 22.3 Å². The van der Waals surface area contributed by atoms with Crippen LogP contribution in [0.3, 0.4) is 0 Å². The van der Waals surface area contributed by atoms with Gasteiger partial charge in [0, 0.05) is 43.4 Å². The van der Waals surface area contributed by atoms with Crippen LogP contribution in [0.25, 0.3) is 110 Å². The Morgan fingerprint density at radius 1 is 0.327 bits per heavy atom. The molecule has 242 valence electrons. The van der Waals surface area contributed by atoms with E-state index in [4.69, 9.17) is 8.83 Å². The minimum absolute atomic E-state index is 0.866. The van der Waals surface area contributed by atoms with E-state index in [1.165, 1.54) is 43.6 Å². The maximum absolute atomic E-state index is 6.54. The van der Waals surface area contributed by atoms with Crippen LogP contribution in [0, 0.1) is 0 Å². The van der Waals surface area contributed by atoms with E-state index in [1.54, 1.807) is 0 Å². The number of nitrogens with zero attached hydrogens (tertiary/aromatic N) is 2. The average Bonchev–Trinajstić information content (AvgIpc) is 3.95. The molecule has 0 atom stereocenters. The molecule has 4 heterocycles. The molecule has 0 saturated heterocycles. The predicted molar refractivity (Wildman–Crippen MR) is 215 cm³/mol. The number of aromatic nitrogens is 2. The van der Waals surface area contributed by atoms with Crippen molar-refractivity contribution in [1.82, 2.24) is 9.13 Å². The van der Waals surface area contributed by atoms with Crippen molar-refractivity contribution >= 4 is 87.5 Å². The first kappa shape index (κ1) is 27.7. The van der Waals surface area contributed by atoms with Crippen molar-refractivity contribution in [2.45, 2.75) is 0 Å². The monoisotopic (exact) mass is 664 g/mol. The van der Waals surface area contributed by atoms with Gasteiger partial charge in [-0.1, -0.05) is 97.1 Å². The van der Waals surface area contributed by atoms with E-state index in [2.05, 4.69) is 179 Å². The summed E-state index contributed by atoms with van der Waals surface area (Å²) in [6, 6.07) is 60.5. The van der Waals surface area contributed by atoms with Gasteiger partial charge in [-0.05, 0) is 83.9 Å². The molecule has 4 aromatic heterocycles. The van der Waals surface area contributed by atoms with Crippen molar-refractivity contribution in [2.24, 2.45) is 0 Å². The Hall–Kier alpha value is -7.04. The lowest BCUT2D eigenvalue weighted by atomic mass is 9.97. The van der Waals surface area contributed by atoms with Crippen molar-refractivity contribution in [1.29, 1.82) is 0 Å². The van der Waals surface area contributed by atoms with E-state index in [1.807, 2.05) is 0 Å². The van der Waals surface area contributed by atoms with Crippen molar-refractivity contribution in [3.8, 4) is 22.5 Å². The molecule has 0 amide bonds. The molecule has 0 radical (unpaired) electrons. The van der Waals surface area contributed by atoms with Crippen LogP contribution in [0.4, 0.5) is 0 Å². The summed E-state index contributed by atoms with van der Waals surface area (Å²) in [5.41, 5.74) is 12.7. The van der Waals surface area contributed by atoms with Gasteiger partial charge in [-0.15, -0.1) is 0 Å². The molecule has 0 bridgehead atoms. The number of hydrogen-bond donors (Lipinski definition) is 0. The molecule has 0 aliphatic heterocycles. The largest absolute Gasteiger partial charge is 0.456 e. The van der Waals surface area contributed by atoms with Gasteiger partial charge in [-0.3, -0.25) is 0 Å². The Morgan fingerprint density at radius 3 is 1.44 bits per heavy atom. The maximum atomic E-state index is 6.54. The molecule has 0 unspecified atom stereocenters. The first-order valence-electron chi connectivity index (χ1n) is 17.7. The third-order valence-corrected chi connectivity index (χ3v) is 10.9. The molecule has 0 aliphatic rings. The Morgan fingerprint density at radius 2 is 0.827 bits per heavy atom. The van der Waals surface area contributed by atoms with Crippen LogP contribution in [0.5, 0.6) is 0 Å². The van der Waals surface area contributed by atoms with Crippen molar-refractivity contribution < 1.29 is 8.83 Å². The van der Waals surface area contributed by atoms with Gasteiger partial charge in [-0.2, -0.15) is 0 Å². The summed E-state index contributed by atoms with van der Waals surface area (Å²) in [7, 11) is 0. The van der Waals surface area contributed by atoms with Crippen LogP contribution < -0.4 is 0 Å². The zero-order valence-corrected chi connectivity index (χ0v) is 27.9. The van der Waals surface area contributed by atoms with Gasteiger partial charge >= 0.3 is 0 Å². The summed E-state index contributed by atoms with van der Waals surface area (Å²) in [6.45, 7) is 0. The van der Waals surface area contributed by atoms with Crippen LogP contribution in [-0.2, 0) is 0 Å². The minimum atomic E-state index is 0.866. The number of fused-ring (bicyclic) bond motifs is 12. The number of rotatable bonds is 3. The highest BCUT2D eigenvalue weighted by Crippen LogP contribution is 2.43. The number of para-hydroxylation sites is 4. The van der Waals surface area contributed by atoms with Crippen LogP contribution in [0.2, 0.25) is 0 Å². The van der Waals surface area contributed by atoms with Gasteiger partial charge in [0.15, 0.2) is 0 Å². The molecule has 8 aromatic carbocycles. The first-order valence-corrected chi connectivity index (χ1v) is 17.7. The topological polar surface area (TPSA) is 36.1 Å². The van der Waals surface area contributed by atoms with Crippen molar-refractivity contribution in [3.63, 3.8) is 0 Å². The second-order valence-corrected chi connectivity index (χ2v) is 13.7. The third-order valence-electron chi connectivity index (χ3n) is 10.9. The molecule has 4 nitrogen and oxygen atoms in total.